The van der Waals surface area contributed by atoms with Crippen LogP contribution in [0.15, 0.2) is 18.3 Å². The first kappa shape index (κ1) is 10.2. The highest BCUT2D eigenvalue weighted by Crippen LogP contribution is 2.25. The third-order valence-electron chi connectivity index (χ3n) is 2.92. The molecule has 4 nitrogen and oxygen atoms in total. The molecule has 0 radical (unpaired) electrons. The maximum atomic E-state index is 11.8. The zero-order chi connectivity index (χ0) is 10.7. The molecule has 0 atom stereocenters. The van der Waals surface area contributed by atoms with Crippen LogP contribution in [0.2, 0.25) is 0 Å². The number of H-pyrrole nitrogens is 1. The van der Waals surface area contributed by atoms with E-state index in [1.807, 2.05) is 12.1 Å². The molecule has 1 aliphatic carbocycles. The van der Waals surface area contributed by atoms with Gasteiger partial charge in [0.25, 0.3) is 0 Å². The largest absolute Gasteiger partial charge is 0.393 e. The van der Waals surface area contributed by atoms with E-state index in [9.17, 15) is 9.90 Å². The molecule has 0 aromatic carbocycles. The maximum Gasteiger partial charge on any atom is 0.228 e. The van der Waals surface area contributed by atoms with E-state index in [0.717, 1.165) is 31.5 Å². The molecule has 0 bridgehead atoms. The van der Waals surface area contributed by atoms with Gasteiger partial charge in [-0.1, -0.05) is 0 Å². The molecule has 15 heavy (non-hydrogen) atoms. The molecule has 82 valence electrons. The Bertz CT molecular complexity index is 313. The van der Waals surface area contributed by atoms with Crippen LogP contribution < -0.4 is 5.32 Å². The van der Waals surface area contributed by atoms with Gasteiger partial charge in [0.1, 0.15) is 5.82 Å². The Labute approximate surface area is 88.7 Å². The predicted octanol–water partition coefficient (Wildman–Crippen LogP) is 1.50. The summed E-state index contributed by atoms with van der Waals surface area (Å²) < 4.78 is 0. The van der Waals surface area contributed by atoms with E-state index < -0.39 is 0 Å². The normalized spacial score (nSPS) is 26.2. The number of carbonyl (C=O) groups is 1. The number of aliphatic hydroxyl groups is 1. The van der Waals surface area contributed by atoms with E-state index >= 15 is 0 Å². The lowest BCUT2D eigenvalue weighted by Gasteiger charge is -2.24. The molecule has 1 aliphatic rings. The fourth-order valence-corrected chi connectivity index (χ4v) is 1.98. The van der Waals surface area contributed by atoms with Crippen LogP contribution in [0.25, 0.3) is 0 Å². The van der Waals surface area contributed by atoms with Crippen LogP contribution in [0.5, 0.6) is 0 Å². The Morgan fingerprint density at radius 1 is 1.40 bits per heavy atom. The number of aromatic amines is 1. The lowest BCUT2D eigenvalue weighted by Crippen LogP contribution is -2.28. The Hall–Kier alpha value is -1.29. The third kappa shape index (κ3) is 2.59. The first-order chi connectivity index (χ1) is 7.25. The Kier molecular flexibility index (Phi) is 3.06. The molecular weight excluding hydrogens is 192 g/mol. The second-order valence-electron chi connectivity index (χ2n) is 4.08. The van der Waals surface area contributed by atoms with Gasteiger partial charge in [-0.3, -0.25) is 4.79 Å². The minimum absolute atomic E-state index is 0.0525. The van der Waals surface area contributed by atoms with Crippen LogP contribution in [0.1, 0.15) is 25.7 Å². The Morgan fingerprint density at radius 2 is 2.13 bits per heavy atom. The lowest BCUT2D eigenvalue weighted by molar-refractivity contribution is -0.121. The maximum absolute atomic E-state index is 11.8. The van der Waals surface area contributed by atoms with Gasteiger partial charge in [-0.05, 0) is 37.8 Å². The minimum atomic E-state index is -0.209. The fraction of sp³-hybridized carbons (Fsp3) is 0.545. The molecule has 3 N–H and O–H groups in total. The molecule has 0 unspecified atom stereocenters. The van der Waals surface area contributed by atoms with E-state index in [1.54, 1.807) is 6.20 Å². The average Bonchev–Trinajstić information content (AvgIpc) is 2.71. The summed E-state index contributed by atoms with van der Waals surface area (Å²) in [5.74, 6) is 0.854. The van der Waals surface area contributed by atoms with E-state index in [-0.39, 0.29) is 17.9 Å². The van der Waals surface area contributed by atoms with Gasteiger partial charge in [0.2, 0.25) is 5.91 Å². The highest BCUT2D eigenvalue weighted by molar-refractivity contribution is 5.91. The van der Waals surface area contributed by atoms with E-state index in [0.29, 0.717) is 0 Å². The quantitative estimate of drug-likeness (QED) is 0.689. The minimum Gasteiger partial charge on any atom is -0.393 e. The number of anilines is 1. The second kappa shape index (κ2) is 4.49. The standard InChI is InChI=1S/C11H16N2O2/c14-9-5-3-8(4-6-9)11(15)13-10-2-1-7-12-10/h1-2,7-9,12,14H,3-6H2,(H,13,15). The third-order valence-corrected chi connectivity index (χ3v) is 2.92. The van der Waals surface area contributed by atoms with Crippen LogP contribution in [0, 0.1) is 5.92 Å². The van der Waals surface area contributed by atoms with Gasteiger partial charge in [-0.15, -0.1) is 0 Å². The van der Waals surface area contributed by atoms with Gasteiger partial charge in [-0.2, -0.15) is 0 Å². The number of aliphatic hydroxyl groups excluding tert-OH is 1. The van der Waals surface area contributed by atoms with E-state index in [2.05, 4.69) is 10.3 Å². The number of carbonyl (C=O) groups excluding carboxylic acids is 1. The Morgan fingerprint density at radius 3 is 2.73 bits per heavy atom. The van der Waals surface area contributed by atoms with Crippen LogP contribution >= 0.6 is 0 Å². The molecule has 1 amide bonds. The van der Waals surface area contributed by atoms with Crippen molar-refractivity contribution in [2.75, 3.05) is 5.32 Å². The van der Waals surface area contributed by atoms with Crippen molar-refractivity contribution in [1.82, 2.24) is 4.98 Å². The molecule has 1 heterocycles. The molecular formula is C11H16N2O2. The van der Waals surface area contributed by atoms with Gasteiger partial charge in [-0.25, -0.2) is 0 Å². The molecule has 2 rings (SSSR count). The Balaban J connectivity index is 1.86. The SMILES string of the molecule is O=C(Nc1ccc[nH]1)C1CCC(O)CC1. The predicted molar refractivity (Wildman–Crippen MR) is 57.4 cm³/mol. The van der Waals surface area contributed by atoms with Crippen molar-refractivity contribution < 1.29 is 9.90 Å². The molecule has 0 saturated heterocycles. The van der Waals surface area contributed by atoms with E-state index in [1.165, 1.54) is 0 Å². The molecule has 0 spiro atoms. The van der Waals surface area contributed by atoms with Crippen molar-refractivity contribution in [3.63, 3.8) is 0 Å². The van der Waals surface area contributed by atoms with Crippen LogP contribution in [0.4, 0.5) is 5.82 Å². The number of rotatable bonds is 2. The molecule has 0 aliphatic heterocycles. The number of hydrogen-bond acceptors (Lipinski definition) is 2. The topological polar surface area (TPSA) is 65.1 Å². The van der Waals surface area contributed by atoms with Crippen molar-refractivity contribution in [2.24, 2.45) is 5.92 Å². The summed E-state index contributed by atoms with van der Waals surface area (Å²) in [4.78, 5) is 14.7. The number of nitrogens with one attached hydrogen (secondary N) is 2. The van der Waals surface area contributed by atoms with Gasteiger partial charge < -0.3 is 15.4 Å². The second-order valence-corrected chi connectivity index (χ2v) is 4.08. The van der Waals surface area contributed by atoms with Crippen LogP contribution in [-0.4, -0.2) is 22.1 Å². The van der Waals surface area contributed by atoms with Crippen molar-refractivity contribution >= 4 is 11.7 Å². The van der Waals surface area contributed by atoms with Crippen molar-refractivity contribution in [2.45, 2.75) is 31.8 Å². The molecule has 4 heteroatoms. The van der Waals surface area contributed by atoms with Gasteiger partial charge in [0.05, 0.1) is 6.10 Å². The molecule has 1 fully saturated rings. The van der Waals surface area contributed by atoms with Crippen molar-refractivity contribution in [3.8, 4) is 0 Å². The summed E-state index contributed by atoms with van der Waals surface area (Å²) in [6.07, 6.45) is 4.62. The summed E-state index contributed by atoms with van der Waals surface area (Å²) >= 11 is 0. The van der Waals surface area contributed by atoms with E-state index in [4.69, 9.17) is 0 Å². The lowest BCUT2D eigenvalue weighted by atomic mass is 9.87. The fourth-order valence-electron chi connectivity index (χ4n) is 1.98. The summed E-state index contributed by atoms with van der Waals surface area (Å²) in [5, 5.41) is 12.2. The first-order valence-corrected chi connectivity index (χ1v) is 5.38. The summed E-state index contributed by atoms with van der Waals surface area (Å²) in [6, 6.07) is 3.68. The number of aromatic nitrogens is 1. The van der Waals surface area contributed by atoms with Gasteiger partial charge in [0.15, 0.2) is 0 Å². The average molecular weight is 208 g/mol. The number of amides is 1. The van der Waals surface area contributed by atoms with Gasteiger partial charge >= 0.3 is 0 Å². The van der Waals surface area contributed by atoms with Crippen LogP contribution in [-0.2, 0) is 4.79 Å². The molecule has 1 aromatic rings. The number of hydrogen-bond donors (Lipinski definition) is 3. The molecule has 1 saturated carbocycles. The smallest absolute Gasteiger partial charge is 0.228 e. The summed E-state index contributed by atoms with van der Waals surface area (Å²) in [5.41, 5.74) is 0. The molecule has 1 aromatic heterocycles. The monoisotopic (exact) mass is 208 g/mol. The highest BCUT2D eigenvalue weighted by Gasteiger charge is 2.25. The first-order valence-electron chi connectivity index (χ1n) is 5.38. The van der Waals surface area contributed by atoms with Crippen molar-refractivity contribution in [1.29, 1.82) is 0 Å². The summed E-state index contributed by atoms with van der Waals surface area (Å²) in [6.45, 7) is 0. The van der Waals surface area contributed by atoms with Crippen LogP contribution in [0.3, 0.4) is 0 Å². The zero-order valence-corrected chi connectivity index (χ0v) is 8.57. The van der Waals surface area contributed by atoms with Gasteiger partial charge in [0, 0.05) is 12.1 Å². The summed E-state index contributed by atoms with van der Waals surface area (Å²) in [7, 11) is 0. The zero-order valence-electron chi connectivity index (χ0n) is 8.57. The van der Waals surface area contributed by atoms with Crippen molar-refractivity contribution in [3.05, 3.63) is 18.3 Å². The highest BCUT2D eigenvalue weighted by atomic mass is 16.3.